The van der Waals surface area contributed by atoms with Gasteiger partial charge in [-0.3, -0.25) is 9.59 Å². The van der Waals surface area contributed by atoms with Crippen LogP contribution in [0, 0.1) is 5.92 Å². The number of hydrogen-bond donors (Lipinski definition) is 0. The molecule has 20 heavy (non-hydrogen) atoms. The number of benzene rings is 1. The minimum Gasteiger partial charge on any atom is -0.468 e. The van der Waals surface area contributed by atoms with Crippen molar-refractivity contribution in [1.29, 1.82) is 0 Å². The van der Waals surface area contributed by atoms with Gasteiger partial charge in [-0.2, -0.15) is 0 Å². The summed E-state index contributed by atoms with van der Waals surface area (Å²) in [5, 5.41) is 0. The molecule has 1 unspecified atom stereocenters. The second-order valence-electron chi connectivity index (χ2n) is 5.17. The van der Waals surface area contributed by atoms with E-state index in [9.17, 15) is 9.59 Å². The minimum absolute atomic E-state index is 0.0705. The van der Waals surface area contributed by atoms with Crippen LogP contribution < -0.4 is 0 Å². The molecule has 1 aliphatic rings. The van der Waals surface area contributed by atoms with Gasteiger partial charge in [-0.15, -0.1) is 0 Å². The number of rotatable bonds is 4. The van der Waals surface area contributed by atoms with E-state index in [2.05, 4.69) is 0 Å². The van der Waals surface area contributed by atoms with Crippen LogP contribution in [0.5, 0.6) is 0 Å². The van der Waals surface area contributed by atoms with Crippen LogP contribution in [-0.2, 0) is 24.5 Å². The average molecular weight is 276 g/mol. The molecule has 0 saturated carbocycles. The van der Waals surface area contributed by atoms with Gasteiger partial charge in [0.05, 0.1) is 12.5 Å². The summed E-state index contributed by atoms with van der Waals surface area (Å²) in [7, 11) is 1.31. The highest BCUT2D eigenvalue weighted by Crippen LogP contribution is 2.38. The van der Waals surface area contributed by atoms with Crippen LogP contribution in [0.4, 0.5) is 0 Å². The lowest BCUT2D eigenvalue weighted by Crippen LogP contribution is -2.46. The van der Waals surface area contributed by atoms with Crippen molar-refractivity contribution in [1.82, 2.24) is 0 Å². The maximum Gasteiger partial charge on any atom is 0.315 e. The third kappa shape index (κ3) is 2.61. The summed E-state index contributed by atoms with van der Waals surface area (Å²) in [6.07, 6.45) is 1.22. The molecule has 1 aromatic rings. The van der Waals surface area contributed by atoms with Crippen molar-refractivity contribution >= 4 is 11.8 Å². The fourth-order valence-electron chi connectivity index (χ4n) is 2.85. The number of carbonyl (C=O) groups is 2. The normalized spacial score (nSPS) is 19.1. The molecule has 1 aliphatic heterocycles. The molecule has 0 aromatic heterocycles. The molecule has 1 heterocycles. The predicted molar refractivity (Wildman–Crippen MR) is 74.4 cm³/mol. The van der Waals surface area contributed by atoms with Crippen LogP contribution in [0.3, 0.4) is 0 Å². The molecule has 108 valence electrons. The molecule has 1 fully saturated rings. The molecule has 4 heteroatoms. The average Bonchev–Trinajstić information content (AvgIpc) is 2.54. The lowest BCUT2D eigenvalue weighted by Gasteiger charge is -2.37. The van der Waals surface area contributed by atoms with Crippen molar-refractivity contribution in [2.24, 2.45) is 5.92 Å². The van der Waals surface area contributed by atoms with Crippen molar-refractivity contribution in [3.63, 3.8) is 0 Å². The van der Waals surface area contributed by atoms with E-state index in [0.717, 1.165) is 5.56 Å². The zero-order valence-corrected chi connectivity index (χ0v) is 11.9. The van der Waals surface area contributed by atoms with E-state index < -0.39 is 17.3 Å². The lowest BCUT2D eigenvalue weighted by molar-refractivity contribution is -0.151. The lowest BCUT2D eigenvalue weighted by atomic mass is 9.68. The Labute approximate surface area is 119 Å². The van der Waals surface area contributed by atoms with E-state index in [0.29, 0.717) is 26.1 Å². The molecule has 1 saturated heterocycles. The van der Waals surface area contributed by atoms with Crippen molar-refractivity contribution < 1.29 is 19.1 Å². The maximum absolute atomic E-state index is 12.9. The first-order chi connectivity index (χ1) is 9.62. The highest BCUT2D eigenvalue weighted by atomic mass is 16.5. The molecule has 2 rings (SSSR count). The summed E-state index contributed by atoms with van der Waals surface area (Å²) in [5.41, 5.74) is 0.330. The molecule has 1 atom stereocenters. The Morgan fingerprint density at radius 1 is 1.20 bits per heavy atom. The van der Waals surface area contributed by atoms with E-state index in [-0.39, 0.29) is 5.78 Å². The van der Waals surface area contributed by atoms with E-state index >= 15 is 0 Å². The Bertz CT molecular complexity index is 475. The van der Waals surface area contributed by atoms with Gasteiger partial charge < -0.3 is 9.47 Å². The molecule has 0 aliphatic carbocycles. The molecule has 0 radical (unpaired) electrons. The third-order valence-corrected chi connectivity index (χ3v) is 4.09. The SMILES string of the molecule is COC(=O)C(C)C(=O)C1(c2ccccc2)CCOCC1. The van der Waals surface area contributed by atoms with Crippen molar-refractivity contribution in [3.05, 3.63) is 35.9 Å². The van der Waals surface area contributed by atoms with Crippen LogP contribution in [-0.4, -0.2) is 32.1 Å². The smallest absolute Gasteiger partial charge is 0.315 e. The summed E-state index contributed by atoms with van der Waals surface area (Å²) >= 11 is 0. The summed E-state index contributed by atoms with van der Waals surface area (Å²) in [6.45, 7) is 2.69. The van der Waals surface area contributed by atoms with Crippen LogP contribution in [0.25, 0.3) is 0 Å². The van der Waals surface area contributed by atoms with Gasteiger partial charge in [-0.1, -0.05) is 30.3 Å². The summed E-state index contributed by atoms with van der Waals surface area (Å²) in [4.78, 5) is 24.6. The highest BCUT2D eigenvalue weighted by molar-refractivity contribution is 6.04. The monoisotopic (exact) mass is 276 g/mol. The zero-order valence-electron chi connectivity index (χ0n) is 11.9. The molecular weight excluding hydrogens is 256 g/mol. The van der Waals surface area contributed by atoms with Gasteiger partial charge in [0.15, 0.2) is 5.78 Å². The largest absolute Gasteiger partial charge is 0.468 e. The highest BCUT2D eigenvalue weighted by Gasteiger charge is 2.45. The standard InChI is InChI=1S/C16H20O4/c1-12(15(18)19-2)14(17)16(8-10-20-11-9-16)13-6-4-3-5-7-13/h3-7,12H,8-11H2,1-2H3. The van der Waals surface area contributed by atoms with E-state index in [1.807, 2.05) is 30.3 Å². The zero-order chi connectivity index (χ0) is 14.6. The Morgan fingerprint density at radius 3 is 2.35 bits per heavy atom. The van der Waals surface area contributed by atoms with Crippen LogP contribution in [0.15, 0.2) is 30.3 Å². The number of carbonyl (C=O) groups excluding carboxylic acids is 2. The molecular formula is C16H20O4. The van der Waals surface area contributed by atoms with Gasteiger partial charge in [0.2, 0.25) is 0 Å². The Hall–Kier alpha value is -1.68. The molecule has 0 amide bonds. The van der Waals surface area contributed by atoms with Gasteiger partial charge in [0, 0.05) is 13.2 Å². The summed E-state index contributed by atoms with van der Waals surface area (Å²) in [5.74, 6) is -1.30. The van der Waals surface area contributed by atoms with E-state index in [1.54, 1.807) is 6.92 Å². The predicted octanol–water partition coefficient (Wildman–Crippen LogP) is 2.11. The van der Waals surface area contributed by atoms with Crippen LogP contribution in [0.2, 0.25) is 0 Å². The third-order valence-electron chi connectivity index (χ3n) is 4.09. The number of Topliss-reactive ketones (excluding diaryl/α,β-unsaturated/α-hetero) is 1. The first-order valence-corrected chi connectivity index (χ1v) is 6.87. The Kier molecular flexibility index (Phi) is 4.55. The topological polar surface area (TPSA) is 52.6 Å². The molecule has 0 N–H and O–H groups in total. The molecule has 0 bridgehead atoms. The van der Waals surface area contributed by atoms with E-state index in [4.69, 9.17) is 9.47 Å². The van der Waals surface area contributed by atoms with Crippen LogP contribution >= 0.6 is 0 Å². The maximum atomic E-state index is 12.9. The van der Waals surface area contributed by atoms with Gasteiger partial charge in [0.25, 0.3) is 0 Å². The Balaban J connectivity index is 2.37. The first kappa shape index (κ1) is 14.7. The molecule has 4 nitrogen and oxygen atoms in total. The fourth-order valence-corrected chi connectivity index (χ4v) is 2.85. The van der Waals surface area contributed by atoms with Gasteiger partial charge in [-0.25, -0.2) is 0 Å². The number of methoxy groups -OCH3 is 1. The second kappa shape index (κ2) is 6.18. The number of ether oxygens (including phenoxy) is 2. The molecule has 0 spiro atoms. The number of hydrogen-bond acceptors (Lipinski definition) is 4. The van der Waals surface area contributed by atoms with Crippen molar-refractivity contribution in [2.75, 3.05) is 20.3 Å². The summed E-state index contributed by atoms with van der Waals surface area (Å²) < 4.78 is 10.1. The van der Waals surface area contributed by atoms with Gasteiger partial charge in [-0.05, 0) is 25.3 Å². The van der Waals surface area contributed by atoms with Gasteiger partial charge in [0.1, 0.15) is 5.92 Å². The Morgan fingerprint density at radius 2 is 1.80 bits per heavy atom. The number of ketones is 1. The first-order valence-electron chi connectivity index (χ1n) is 6.87. The van der Waals surface area contributed by atoms with Crippen LogP contribution in [0.1, 0.15) is 25.3 Å². The van der Waals surface area contributed by atoms with E-state index in [1.165, 1.54) is 7.11 Å². The minimum atomic E-state index is -0.752. The second-order valence-corrected chi connectivity index (χ2v) is 5.17. The summed E-state index contributed by atoms with van der Waals surface area (Å²) in [6, 6.07) is 9.66. The number of esters is 1. The molecule has 1 aromatic carbocycles. The quantitative estimate of drug-likeness (QED) is 0.624. The fraction of sp³-hybridized carbons (Fsp3) is 0.500. The van der Waals surface area contributed by atoms with Gasteiger partial charge >= 0.3 is 5.97 Å². The van der Waals surface area contributed by atoms with Crippen molar-refractivity contribution in [2.45, 2.75) is 25.2 Å². The van der Waals surface area contributed by atoms with Crippen molar-refractivity contribution in [3.8, 4) is 0 Å².